The van der Waals surface area contributed by atoms with E-state index in [1.165, 1.54) is 18.3 Å². The molecule has 2 aliphatic rings. The van der Waals surface area contributed by atoms with Crippen LogP contribution in [0.15, 0.2) is 29.8 Å². The van der Waals surface area contributed by atoms with Crippen LogP contribution in [0.2, 0.25) is 0 Å². The standard InChI is InChI=1S/C23H24F3N5O2S/c1-14-28-18-10-16(2-3-19(18)31(14)13-23(24,25)26)21(32)30-11-17(12-30)15-4-7-29(8-5-15)22(33)20-27-6-9-34-20/h2-3,6,9-10,15,17H,4-5,7-8,11-13H2,1H3. The van der Waals surface area contributed by atoms with Crippen molar-refractivity contribution in [3.63, 3.8) is 0 Å². The van der Waals surface area contributed by atoms with Crippen molar-refractivity contribution in [3.8, 4) is 0 Å². The highest BCUT2D eigenvalue weighted by Gasteiger charge is 2.38. The fourth-order valence-corrected chi connectivity index (χ4v) is 5.56. The first-order chi connectivity index (χ1) is 16.2. The zero-order valence-electron chi connectivity index (χ0n) is 18.6. The molecule has 0 bridgehead atoms. The molecule has 2 fully saturated rings. The Morgan fingerprint density at radius 1 is 1.09 bits per heavy atom. The lowest BCUT2D eigenvalue weighted by Crippen LogP contribution is -2.54. The van der Waals surface area contributed by atoms with E-state index >= 15 is 0 Å². The Morgan fingerprint density at radius 2 is 1.82 bits per heavy atom. The number of rotatable bonds is 4. The van der Waals surface area contributed by atoms with Crippen LogP contribution in [0.5, 0.6) is 0 Å². The van der Waals surface area contributed by atoms with E-state index < -0.39 is 12.7 Å². The van der Waals surface area contributed by atoms with Gasteiger partial charge in [-0.3, -0.25) is 9.59 Å². The van der Waals surface area contributed by atoms with E-state index in [1.807, 2.05) is 4.90 Å². The number of alkyl halides is 3. The van der Waals surface area contributed by atoms with E-state index in [2.05, 4.69) is 9.97 Å². The number of hydrogen-bond acceptors (Lipinski definition) is 5. The van der Waals surface area contributed by atoms with E-state index in [0.29, 0.717) is 59.6 Å². The molecule has 0 unspecified atom stereocenters. The van der Waals surface area contributed by atoms with Crippen LogP contribution in [0.3, 0.4) is 0 Å². The summed E-state index contributed by atoms with van der Waals surface area (Å²) in [5.41, 5.74) is 1.19. The molecule has 0 radical (unpaired) electrons. The van der Waals surface area contributed by atoms with E-state index in [-0.39, 0.29) is 17.6 Å². The van der Waals surface area contributed by atoms with Crippen molar-refractivity contribution in [2.24, 2.45) is 11.8 Å². The minimum atomic E-state index is -4.34. The van der Waals surface area contributed by atoms with Gasteiger partial charge in [0.05, 0.1) is 11.0 Å². The Kier molecular flexibility index (Phi) is 5.83. The van der Waals surface area contributed by atoms with Crippen LogP contribution in [0, 0.1) is 18.8 Å². The smallest absolute Gasteiger partial charge is 0.338 e. The van der Waals surface area contributed by atoms with Gasteiger partial charge in [0.25, 0.3) is 11.8 Å². The summed E-state index contributed by atoms with van der Waals surface area (Å²) in [7, 11) is 0. The minimum Gasteiger partial charge on any atom is -0.338 e. The quantitative estimate of drug-likeness (QED) is 0.554. The predicted molar refractivity (Wildman–Crippen MR) is 121 cm³/mol. The van der Waals surface area contributed by atoms with Crippen molar-refractivity contribution < 1.29 is 22.8 Å². The molecule has 0 aliphatic carbocycles. The Bertz CT molecular complexity index is 1210. The Hall–Kier alpha value is -2.95. The van der Waals surface area contributed by atoms with Gasteiger partial charge < -0.3 is 14.4 Å². The van der Waals surface area contributed by atoms with Crippen LogP contribution in [-0.2, 0) is 6.54 Å². The number of piperidine rings is 1. The van der Waals surface area contributed by atoms with E-state index in [0.717, 1.165) is 17.4 Å². The summed E-state index contributed by atoms with van der Waals surface area (Å²) in [5.74, 6) is 0.992. The number of aromatic nitrogens is 3. The average molecular weight is 492 g/mol. The number of aryl methyl sites for hydroxylation is 1. The normalized spacial score (nSPS) is 17.9. The number of likely N-dealkylation sites (tertiary alicyclic amines) is 2. The number of nitrogens with zero attached hydrogens (tertiary/aromatic N) is 5. The topological polar surface area (TPSA) is 71.3 Å². The van der Waals surface area contributed by atoms with Gasteiger partial charge in [-0.25, -0.2) is 9.97 Å². The molecule has 2 aliphatic heterocycles. The summed E-state index contributed by atoms with van der Waals surface area (Å²) in [5, 5.41) is 2.32. The van der Waals surface area contributed by atoms with Crippen molar-refractivity contribution in [1.29, 1.82) is 0 Å². The fourth-order valence-electron chi connectivity index (χ4n) is 4.96. The summed E-state index contributed by atoms with van der Waals surface area (Å²) in [6, 6.07) is 4.70. The van der Waals surface area contributed by atoms with Gasteiger partial charge in [-0.05, 0) is 49.8 Å². The molecule has 1 aromatic carbocycles. The second kappa shape index (κ2) is 8.68. The maximum atomic E-state index is 12.9. The highest BCUT2D eigenvalue weighted by atomic mass is 32.1. The lowest BCUT2D eigenvalue weighted by Gasteiger charge is -2.46. The number of imidazole rings is 1. The molecular weight excluding hydrogens is 467 g/mol. The predicted octanol–water partition coefficient (Wildman–Crippen LogP) is 3.99. The average Bonchev–Trinajstić information content (AvgIpc) is 3.40. The number of fused-ring (bicyclic) bond motifs is 1. The summed E-state index contributed by atoms with van der Waals surface area (Å²) in [6.07, 6.45) is -0.890. The molecule has 0 saturated carbocycles. The van der Waals surface area contributed by atoms with Gasteiger partial charge in [0.15, 0.2) is 5.01 Å². The molecule has 7 nitrogen and oxygen atoms in total. The van der Waals surface area contributed by atoms with Crippen LogP contribution in [-0.4, -0.2) is 68.5 Å². The number of halogens is 3. The van der Waals surface area contributed by atoms with E-state index in [1.54, 1.807) is 34.7 Å². The first-order valence-corrected chi connectivity index (χ1v) is 12.1. The second-order valence-electron chi connectivity index (χ2n) is 9.00. The highest BCUT2D eigenvalue weighted by Crippen LogP contribution is 2.33. The SMILES string of the molecule is Cc1nc2cc(C(=O)N3CC(C4CCN(C(=O)c5nccs5)CC4)C3)ccc2n1CC(F)(F)F. The summed E-state index contributed by atoms with van der Waals surface area (Å²) < 4.78 is 39.8. The fraction of sp³-hybridized carbons (Fsp3) is 0.478. The maximum absolute atomic E-state index is 12.9. The number of amides is 2. The van der Waals surface area contributed by atoms with Gasteiger partial charge in [0.1, 0.15) is 12.4 Å². The van der Waals surface area contributed by atoms with Crippen molar-refractivity contribution in [3.05, 3.63) is 46.2 Å². The third-order valence-corrected chi connectivity index (χ3v) is 7.59. The van der Waals surface area contributed by atoms with E-state index in [4.69, 9.17) is 0 Å². The molecule has 2 aromatic heterocycles. The maximum Gasteiger partial charge on any atom is 0.406 e. The molecule has 3 aromatic rings. The molecule has 11 heteroatoms. The molecule has 5 rings (SSSR count). The van der Waals surface area contributed by atoms with Crippen molar-refractivity contribution in [2.75, 3.05) is 26.2 Å². The Morgan fingerprint density at radius 3 is 2.47 bits per heavy atom. The van der Waals surface area contributed by atoms with Crippen LogP contribution in [0.25, 0.3) is 11.0 Å². The van der Waals surface area contributed by atoms with Crippen LogP contribution in [0.1, 0.15) is 38.8 Å². The van der Waals surface area contributed by atoms with Crippen LogP contribution >= 0.6 is 11.3 Å². The van der Waals surface area contributed by atoms with Crippen molar-refractivity contribution >= 4 is 34.2 Å². The molecule has 34 heavy (non-hydrogen) atoms. The lowest BCUT2D eigenvalue weighted by atomic mass is 9.79. The second-order valence-corrected chi connectivity index (χ2v) is 9.90. The molecule has 4 heterocycles. The monoisotopic (exact) mass is 491 g/mol. The number of benzene rings is 1. The van der Waals surface area contributed by atoms with Crippen LogP contribution < -0.4 is 0 Å². The van der Waals surface area contributed by atoms with Gasteiger partial charge in [-0.2, -0.15) is 13.2 Å². The molecule has 0 N–H and O–H groups in total. The molecular formula is C23H24F3N5O2S. The van der Waals surface area contributed by atoms with Gasteiger partial charge in [0.2, 0.25) is 0 Å². The lowest BCUT2D eigenvalue weighted by molar-refractivity contribution is -0.140. The molecule has 180 valence electrons. The summed E-state index contributed by atoms with van der Waals surface area (Å²) in [6.45, 7) is 3.13. The van der Waals surface area contributed by atoms with Gasteiger partial charge in [-0.15, -0.1) is 11.3 Å². The first kappa shape index (κ1) is 22.8. The van der Waals surface area contributed by atoms with Gasteiger partial charge in [-0.1, -0.05) is 0 Å². The van der Waals surface area contributed by atoms with Crippen LogP contribution in [0.4, 0.5) is 13.2 Å². The number of carbonyl (C=O) groups is 2. The molecule has 2 amide bonds. The van der Waals surface area contributed by atoms with Crippen molar-refractivity contribution in [2.45, 2.75) is 32.5 Å². The highest BCUT2D eigenvalue weighted by molar-refractivity contribution is 7.11. The van der Waals surface area contributed by atoms with Gasteiger partial charge in [0, 0.05) is 43.3 Å². The van der Waals surface area contributed by atoms with Crippen molar-refractivity contribution in [1.82, 2.24) is 24.3 Å². The number of hydrogen-bond donors (Lipinski definition) is 0. The van der Waals surface area contributed by atoms with Gasteiger partial charge >= 0.3 is 6.18 Å². The first-order valence-electron chi connectivity index (χ1n) is 11.2. The third kappa shape index (κ3) is 4.40. The Balaban J connectivity index is 1.17. The Labute approximate surface area is 198 Å². The number of carbonyl (C=O) groups excluding carboxylic acids is 2. The van der Waals surface area contributed by atoms with E-state index in [9.17, 15) is 22.8 Å². The molecule has 2 saturated heterocycles. The molecule has 0 spiro atoms. The molecule has 0 atom stereocenters. The largest absolute Gasteiger partial charge is 0.406 e. The zero-order chi connectivity index (χ0) is 24.0. The minimum absolute atomic E-state index is 0.0119. The summed E-state index contributed by atoms with van der Waals surface area (Å²) >= 11 is 1.35. The number of thiazole rings is 1. The summed E-state index contributed by atoms with van der Waals surface area (Å²) in [4.78, 5) is 37.4. The third-order valence-electron chi connectivity index (χ3n) is 6.83. The zero-order valence-corrected chi connectivity index (χ0v) is 19.4.